The lowest BCUT2D eigenvalue weighted by molar-refractivity contribution is -0.129. The van der Waals surface area contributed by atoms with Crippen LogP contribution >= 0.6 is 0 Å². The van der Waals surface area contributed by atoms with Gasteiger partial charge in [-0.3, -0.25) is 9.89 Å². The van der Waals surface area contributed by atoms with Crippen LogP contribution in [0.15, 0.2) is 24.0 Å². The number of nitrogens with zero attached hydrogens (tertiary/aromatic N) is 2. The fraction of sp³-hybridized carbons (Fsp3) is 0.538. The lowest BCUT2D eigenvalue weighted by Crippen LogP contribution is -2.26. The van der Waals surface area contributed by atoms with Crippen LogP contribution < -0.4 is 0 Å². The van der Waals surface area contributed by atoms with Gasteiger partial charge in [0, 0.05) is 31.8 Å². The van der Waals surface area contributed by atoms with E-state index >= 15 is 0 Å². The van der Waals surface area contributed by atoms with Gasteiger partial charge in [0.05, 0.1) is 6.20 Å². The summed E-state index contributed by atoms with van der Waals surface area (Å²) in [5, 5.41) is 6.63. The lowest BCUT2D eigenvalue weighted by atomic mass is 9.97. The second-order valence-electron chi connectivity index (χ2n) is 4.64. The molecule has 0 fully saturated rings. The summed E-state index contributed by atoms with van der Waals surface area (Å²) >= 11 is 0. The largest absolute Gasteiger partial charge is 0.341 e. The molecule has 1 N–H and O–H groups in total. The molecule has 0 unspecified atom stereocenters. The van der Waals surface area contributed by atoms with Gasteiger partial charge in [-0.1, -0.05) is 11.6 Å². The van der Waals surface area contributed by atoms with E-state index in [1.54, 1.807) is 11.1 Å². The van der Waals surface area contributed by atoms with Crippen molar-refractivity contribution in [1.29, 1.82) is 0 Å². The molecule has 92 valence electrons. The van der Waals surface area contributed by atoms with Crippen LogP contribution in [-0.2, 0) is 11.3 Å². The zero-order valence-corrected chi connectivity index (χ0v) is 10.3. The Hall–Kier alpha value is -1.58. The number of rotatable bonds is 4. The molecule has 1 amide bonds. The summed E-state index contributed by atoms with van der Waals surface area (Å²) in [7, 11) is 1.85. The van der Waals surface area contributed by atoms with Gasteiger partial charge in [0.1, 0.15) is 0 Å². The van der Waals surface area contributed by atoms with Crippen LogP contribution in [0.25, 0.3) is 0 Å². The number of nitrogens with one attached hydrogen (secondary N) is 1. The quantitative estimate of drug-likeness (QED) is 0.811. The van der Waals surface area contributed by atoms with E-state index in [-0.39, 0.29) is 5.91 Å². The van der Waals surface area contributed by atoms with Crippen molar-refractivity contribution in [2.75, 3.05) is 7.05 Å². The zero-order chi connectivity index (χ0) is 12.1. The summed E-state index contributed by atoms with van der Waals surface area (Å²) < 4.78 is 0. The number of aromatic nitrogens is 2. The molecule has 2 rings (SSSR count). The van der Waals surface area contributed by atoms with E-state index in [1.807, 2.05) is 13.2 Å². The second-order valence-corrected chi connectivity index (χ2v) is 4.64. The van der Waals surface area contributed by atoms with Crippen molar-refractivity contribution in [3.63, 3.8) is 0 Å². The average Bonchev–Trinajstić information content (AvgIpc) is 2.83. The molecule has 1 aliphatic carbocycles. The Morgan fingerprint density at radius 2 is 2.41 bits per heavy atom. The van der Waals surface area contributed by atoms with Crippen molar-refractivity contribution in [2.45, 2.75) is 38.6 Å². The van der Waals surface area contributed by atoms with Gasteiger partial charge in [0.25, 0.3) is 0 Å². The molecule has 1 aromatic rings. The predicted molar refractivity (Wildman–Crippen MR) is 66.2 cm³/mol. The minimum absolute atomic E-state index is 0.194. The highest BCUT2D eigenvalue weighted by molar-refractivity contribution is 5.78. The maximum Gasteiger partial charge on any atom is 0.226 e. The van der Waals surface area contributed by atoms with Gasteiger partial charge in [-0.05, 0) is 25.7 Å². The molecular formula is C13H19N3O. The Labute approximate surface area is 102 Å². The van der Waals surface area contributed by atoms with E-state index in [4.69, 9.17) is 0 Å². The second kappa shape index (κ2) is 5.66. The smallest absolute Gasteiger partial charge is 0.226 e. The molecule has 0 aromatic carbocycles. The number of amides is 1. The minimum Gasteiger partial charge on any atom is -0.341 e. The van der Waals surface area contributed by atoms with Gasteiger partial charge in [-0.2, -0.15) is 5.10 Å². The summed E-state index contributed by atoms with van der Waals surface area (Å²) in [5.41, 5.74) is 2.35. The maximum absolute atomic E-state index is 12.0. The number of allylic oxidation sites excluding steroid dienone is 1. The molecule has 4 heteroatoms. The molecule has 0 saturated heterocycles. The number of hydrogen-bond acceptors (Lipinski definition) is 2. The molecule has 0 spiro atoms. The summed E-state index contributed by atoms with van der Waals surface area (Å²) in [5.74, 6) is 0.194. The van der Waals surface area contributed by atoms with Crippen LogP contribution in [0, 0.1) is 0 Å². The summed E-state index contributed by atoms with van der Waals surface area (Å²) in [6, 6.07) is 0. The van der Waals surface area contributed by atoms with Gasteiger partial charge < -0.3 is 4.90 Å². The highest BCUT2D eigenvalue weighted by Crippen LogP contribution is 2.20. The number of H-pyrrole nitrogens is 1. The van der Waals surface area contributed by atoms with E-state index in [2.05, 4.69) is 16.3 Å². The molecule has 0 radical (unpaired) electrons. The van der Waals surface area contributed by atoms with Crippen molar-refractivity contribution in [3.8, 4) is 0 Å². The van der Waals surface area contributed by atoms with Gasteiger partial charge in [0.15, 0.2) is 0 Å². The molecule has 1 aliphatic rings. The number of carbonyl (C=O) groups is 1. The van der Waals surface area contributed by atoms with Gasteiger partial charge in [0.2, 0.25) is 5.91 Å². The van der Waals surface area contributed by atoms with E-state index in [0.29, 0.717) is 13.0 Å². The first kappa shape index (κ1) is 11.9. The van der Waals surface area contributed by atoms with Crippen LogP contribution in [-0.4, -0.2) is 28.1 Å². The minimum atomic E-state index is 0.194. The number of hydrogen-bond donors (Lipinski definition) is 1. The lowest BCUT2D eigenvalue weighted by Gasteiger charge is -2.18. The summed E-state index contributed by atoms with van der Waals surface area (Å²) in [6.07, 6.45) is 11.1. The first-order valence-corrected chi connectivity index (χ1v) is 6.15. The third-order valence-electron chi connectivity index (χ3n) is 3.16. The van der Waals surface area contributed by atoms with E-state index in [9.17, 15) is 4.79 Å². The van der Waals surface area contributed by atoms with Crippen LogP contribution in [0.1, 0.15) is 37.7 Å². The molecular weight excluding hydrogens is 214 g/mol. The predicted octanol–water partition coefficient (Wildman–Crippen LogP) is 2.26. The average molecular weight is 233 g/mol. The Morgan fingerprint density at radius 1 is 1.53 bits per heavy atom. The van der Waals surface area contributed by atoms with Crippen LogP contribution in [0.2, 0.25) is 0 Å². The highest BCUT2D eigenvalue weighted by Gasteiger charge is 2.13. The van der Waals surface area contributed by atoms with Crippen molar-refractivity contribution in [1.82, 2.24) is 15.1 Å². The van der Waals surface area contributed by atoms with Gasteiger partial charge in [-0.15, -0.1) is 0 Å². The Kier molecular flexibility index (Phi) is 3.96. The number of carbonyl (C=O) groups excluding carboxylic acids is 1. The van der Waals surface area contributed by atoms with Gasteiger partial charge in [-0.25, -0.2) is 0 Å². The third-order valence-corrected chi connectivity index (χ3v) is 3.16. The highest BCUT2D eigenvalue weighted by atomic mass is 16.2. The van der Waals surface area contributed by atoms with Crippen molar-refractivity contribution >= 4 is 5.91 Å². The Balaban J connectivity index is 1.84. The maximum atomic E-state index is 12.0. The standard InChI is InChI=1S/C13H19N3O/c1-16(10-12-8-14-15-9-12)13(17)7-11-5-3-2-4-6-11/h5,8-9H,2-4,6-7,10H2,1H3,(H,14,15). The molecule has 1 aromatic heterocycles. The molecule has 0 bridgehead atoms. The first-order chi connectivity index (χ1) is 8.25. The topological polar surface area (TPSA) is 49.0 Å². The van der Waals surface area contributed by atoms with Crippen molar-refractivity contribution in [2.24, 2.45) is 0 Å². The van der Waals surface area contributed by atoms with Crippen molar-refractivity contribution in [3.05, 3.63) is 29.6 Å². The van der Waals surface area contributed by atoms with E-state index in [0.717, 1.165) is 18.4 Å². The van der Waals surface area contributed by atoms with Gasteiger partial charge >= 0.3 is 0 Å². The fourth-order valence-electron chi connectivity index (χ4n) is 2.12. The van der Waals surface area contributed by atoms with Crippen LogP contribution in [0.3, 0.4) is 0 Å². The van der Waals surface area contributed by atoms with Crippen molar-refractivity contribution < 1.29 is 4.79 Å². The monoisotopic (exact) mass is 233 g/mol. The Bertz CT molecular complexity index is 395. The van der Waals surface area contributed by atoms with Crippen LogP contribution in [0.4, 0.5) is 0 Å². The Morgan fingerprint density at radius 3 is 3.06 bits per heavy atom. The molecule has 4 nitrogen and oxygen atoms in total. The third kappa shape index (κ3) is 3.44. The first-order valence-electron chi connectivity index (χ1n) is 6.15. The normalized spacial score (nSPS) is 15.5. The SMILES string of the molecule is CN(Cc1cn[nH]c1)C(=O)CC1=CCCCC1. The molecule has 1 heterocycles. The fourth-order valence-corrected chi connectivity index (χ4v) is 2.12. The summed E-state index contributed by atoms with van der Waals surface area (Å²) in [6.45, 7) is 0.628. The van der Waals surface area contributed by atoms with E-state index in [1.165, 1.54) is 18.4 Å². The molecule has 0 aliphatic heterocycles. The van der Waals surface area contributed by atoms with E-state index < -0.39 is 0 Å². The summed E-state index contributed by atoms with van der Waals surface area (Å²) in [4.78, 5) is 13.8. The van der Waals surface area contributed by atoms with Crippen LogP contribution in [0.5, 0.6) is 0 Å². The molecule has 17 heavy (non-hydrogen) atoms. The molecule has 0 saturated carbocycles. The molecule has 0 atom stereocenters. The zero-order valence-electron chi connectivity index (χ0n) is 10.3. The number of aromatic amines is 1.